The predicted molar refractivity (Wildman–Crippen MR) is 115 cm³/mol. The highest BCUT2D eigenvalue weighted by Crippen LogP contribution is 2.45. The molecular weight excluding hydrogens is 384 g/mol. The summed E-state index contributed by atoms with van der Waals surface area (Å²) >= 11 is 0. The lowest BCUT2D eigenvalue weighted by molar-refractivity contribution is 0.109. The van der Waals surface area contributed by atoms with E-state index in [4.69, 9.17) is 18.9 Å². The Labute approximate surface area is 174 Å². The predicted octanol–water partition coefficient (Wildman–Crippen LogP) is 6.01. The molecular formula is C24H22O6. The Morgan fingerprint density at radius 2 is 1.17 bits per heavy atom. The fraction of sp³-hybridized carbons (Fsp3) is 0.167. The molecule has 0 atom stereocenters. The average molecular weight is 406 g/mol. The average Bonchev–Trinajstić information content (AvgIpc) is 2.73. The third-order valence-corrected chi connectivity index (χ3v) is 4.50. The first-order valence-corrected chi connectivity index (χ1v) is 9.33. The van der Waals surface area contributed by atoms with Gasteiger partial charge in [-0.1, -0.05) is 61.7 Å². The number of carbonyl (C=O) groups is 2. The van der Waals surface area contributed by atoms with E-state index in [1.165, 1.54) is 12.2 Å². The van der Waals surface area contributed by atoms with Gasteiger partial charge >= 0.3 is 12.3 Å². The van der Waals surface area contributed by atoms with Gasteiger partial charge in [-0.2, -0.15) is 0 Å². The van der Waals surface area contributed by atoms with E-state index < -0.39 is 12.3 Å². The number of aryl methyl sites for hydroxylation is 2. The minimum Gasteiger partial charge on any atom is -0.430 e. The lowest BCUT2D eigenvalue weighted by Crippen LogP contribution is -2.13. The van der Waals surface area contributed by atoms with Crippen molar-refractivity contribution >= 4 is 33.9 Å². The third kappa shape index (κ3) is 4.12. The number of ether oxygens (including phenoxy) is 4. The topological polar surface area (TPSA) is 71.1 Å². The molecule has 30 heavy (non-hydrogen) atoms. The van der Waals surface area contributed by atoms with E-state index in [1.807, 2.05) is 38.1 Å². The number of fused-ring (bicyclic) bond motifs is 2. The standard InChI is InChI=1S/C24H22O6/c1-5-13-27-23(25)29-21-17-11-7-10-16(4)20(17)22(30-24(26)28-14-6-2)18-12-8-9-15(3)19(18)21/h5-12H,1-2,13-14H2,3-4H3. The molecule has 0 spiro atoms. The normalized spacial score (nSPS) is 10.5. The van der Waals surface area contributed by atoms with Crippen LogP contribution in [0.2, 0.25) is 0 Å². The molecule has 3 rings (SSSR count). The van der Waals surface area contributed by atoms with Gasteiger partial charge in [0.15, 0.2) is 11.5 Å². The van der Waals surface area contributed by atoms with Crippen LogP contribution in [0.15, 0.2) is 61.7 Å². The van der Waals surface area contributed by atoms with Crippen molar-refractivity contribution in [2.24, 2.45) is 0 Å². The minimum atomic E-state index is -0.846. The molecule has 0 unspecified atom stereocenters. The minimum absolute atomic E-state index is 0.0308. The zero-order valence-corrected chi connectivity index (χ0v) is 16.9. The van der Waals surface area contributed by atoms with Gasteiger partial charge in [-0.15, -0.1) is 0 Å². The molecule has 0 aromatic heterocycles. The lowest BCUT2D eigenvalue weighted by atomic mass is 9.95. The maximum Gasteiger partial charge on any atom is 0.514 e. The highest BCUT2D eigenvalue weighted by atomic mass is 16.7. The van der Waals surface area contributed by atoms with E-state index in [0.29, 0.717) is 33.0 Å². The van der Waals surface area contributed by atoms with Gasteiger partial charge in [-0.3, -0.25) is 0 Å². The van der Waals surface area contributed by atoms with Crippen LogP contribution in [-0.4, -0.2) is 25.5 Å². The number of benzene rings is 3. The second-order valence-electron chi connectivity index (χ2n) is 6.56. The molecule has 0 saturated carbocycles. The van der Waals surface area contributed by atoms with E-state index in [0.717, 1.165) is 11.1 Å². The Bertz CT molecular complexity index is 1050. The van der Waals surface area contributed by atoms with Gasteiger partial charge in [0.1, 0.15) is 13.2 Å². The lowest BCUT2D eigenvalue weighted by Gasteiger charge is -2.18. The zero-order chi connectivity index (χ0) is 21.7. The van der Waals surface area contributed by atoms with Crippen molar-refractivity contribution in [1.29, 1.82) is 0 Å². The Balaban J connectivity index is 2.28. The van der Waals surface area contributed by atoms with Crippen molar-refractivity contribution in [2.75, 3.05) is 13.2 Å². The third-order valence-electron chi connectivity index (χ3n) is 4.50. The first-order chi connectivity index (χ1) is 14.5. The van der Waals surface area contributed by atoms with E-state index in [9.17, 15) is 9.59 Å². The second kappa shape index (κ2) is 9.13. The van der Waals surface area contributed by atoms with Crippen LogP contribution in [0, 0.1) is 13.8 Å². The van der Waals surface area contributed by atoms with Crippen molar-refractivity contribution in [2.45, 2.75) is 13.8 Å². The van der Waals surface area contributed by atoms with Crippen molar-refractivity contribution in [1.82, 2.24) is 0 Å². The van der Waals surface area contributed by atoms with Crippen LogP contribution < -0.4 is 9.47 Å². The molecule has 0 heterocycles. The Kier molecular flexibility index (Phi) is 6.37. The smallest absolute Gasteiger partial charge is 0.430 e. The van der Waals surface area contributed by atoms with Crippen LogP contribution >= 0.6 is 0 Å². The SMILES string of the molecule is C=CCOC(=O)Oc1c2cccc(C)c2c(OC(=O)OCC=C)c2cccc(C)c12. The molecule has 3 aromatic carbocycles. The van der Waals surface area contributed by atoms with E-state index in [1.54, 1.807) is 12.1 Å². The van der Waals surface area contributed by atoms with Gasteiger partial charge in [-0.25, -0.2) is 9.59 Å². The fourth-order valence-electron chi connectivity index (χ4n) is 3.28. The first-order valence-electron chi connectivity index (χ1n) is 9.33. The zero-order valence-electron chi connectivity index (χ0n) is 16.9. The highest BCUT2D eigenvalue weighted by Gasteiger charge is 2.23. The van der Waals surface area contributed by atoms with Crippen LogP contribution in [-0.2, 0) is 9.47 Å². The summed E-state index contributed by atoms with van der Waals surface area (Å²) in [5.41, 5.74) is 1.68. The van der Waals surface area contributed by atoms with Crippen molar-refractivity contribution in [3.63, 3.8) is 0 Å². The first kappa shape index (κ1) is 20.9. The molecule has 0 bridgehead atoms. The fourth-order valence-corrected chi connectivity index (χ4v) is 3.28. The monoisotopic (exact) mass is 406 g/mol. The molecule has 0 saturated heterocycles. The number of rotatable bonds is 6. The van der Waals surface area contributed by atoms with Crippen LogP contribution in [0.4, 0.5) is 9.59 Å². The summed E-state index contributed by atoms with van der Waals surface area (Å²) in [5.74, 6) is 0.672. The molecule has 0 N–H and O–H groups in total. The van der Waals surface area contributed by atoms with E-state index >= 15 is 0 Å². The van der Waals surface area contributed by atoms with Gasteiger partial charge in [0.05, 0.1) is 0 Å². The summed E-state index contributed by atoms with van der Waals surface area (Å²) in [6.07, 6.45) is 1.22. The summed E-state index contributed by atoms with van der Waals surface area (Å²) in [6.45, 7) is 10.9. The summed E-state index contributed by atoms with van der Waals surface area (Å²) in [6, 6.07) is 11.0. The van der Waals surface area contributed by atoms with Gasteiger partial charge < -0.3 is 18.9 Å². The Hall–Kier alpha value is -3.80. The molecule has 3 aromatic rings. The van der Waals surface area contributed by atoms with Crippen LogP contribution in [0.1, 0.15) is 11.1 Å². The van der Waals surface area contributed by atoms with Crippen molar-refractivity contribution in [3.8, 4) is 11.5 Å². The van der Waals surface area contributed by atoms with E-state index in [-0.39, 0.29) is 13.2 Å². The summed E-state index contributed by atoms with van der Waals surface area (Å²) < 4.78 is 21.2. The molecule has 0 aliphatic rings. The van der Waals surface area contributed by atoms with Crippen molar-refractivity contribution in [3.05, 3.63) is 72.8 Å². The van der Waals surface area contributed by atoms with Crippen LogP contribution in [0.5, 0.6) is 11.5 Å². The Morgan fingerprint density at radius 1 is 0.767 bits per heavy atom. The molecule has 0 aliphatic carbocycles. The maximum absolute atomic E-state index is 12.2. The number of hydrogen-bond donors (Lipinski definition) is 0. The Morgan fingerprint density at radius 3 is 1.53 bits per heavy atom. The van der Waals surface area contributed by atoms with Gasteiger partial charge in [0, 0.05) is 21.5 Å². The molecule has 154 valence electrons. The second-order valence-corrected chi connectivity index (χ2v) is 6.56. The van der Waals surface area contributed by atoms with Gasteiger partial charge in [0.25, 0.3) is 0 Å². The molecule has 0 aliphatic heterocycles. The summed E-state index contributed by atoms with van der Waals surface area (Å²) in [5, 5.41) is 2.49. The highest BCUT2D eigenvalue weighted by molar-refractivity contribution is 6.14. The number of hydrogen-bond acceptors (Lipinski definition) is 6. The number of carbonyl (C=O) groups excluding carboxylic acids is 2. The molecule has 0 fully saturated rings. The van der Waals surface area contributed by atoms with Crippen LogP contribution in [0.25, 0.3) is 21.5 Å². The summed E-state index contributed by atoms with van der Waals surface area (Å²) in [4.78, 5) is 24.5. The maximum atomic E-state index is 12.2. The molecule has 6 heteroatoms. The van der Waals surface area contributed by atoms with E-state index in [2.05, 4.69) is 13.2 Å². The van der Waals surface area contributed by atoms with Gasteiger partial charge in [-0.05, 0) is 25.0 Å². The largest absolute Gasteiger partial charge is 0.514 e. The molecule has 0 radical (unpaired) electrons. The van der Waals surface area contributed by atoms with Crippen molar-refractivity contribution < 1.29 is 28.5 Å². The molecule has 6 nitrogen and oxygen atoms in total. The summed E-state index contributed by atoms with van der Waals surface area (Å²) in [7, 11) is 0. The molecule has 0 amide bonds. The van der Waals surface area contributed by atoms with Crippen LogP contribution in [0.3, 0.4) is 0 Å². The van der Waals surface area contributed by atoms with Gasteiger partial charge in [0.2, 0.25) is 0 Å². The quantitative estimate of drug-likeness (QED) is 0.216.